The molecular formula is C15H29N. The average molecular weight is 223 g/mol. The average Bonchev–Trinajstić information content (AvgIpc) is 2.75. The predicted molar refractivity (Wildman–Crippen MR) is 70.6 cm³/mol. The highest BCUT2D eigenvalue weighted by Crippen LogP contribution is 2.39. The molecule has 16 heavy (non-hydrogen) atoms. The summed E-state index contributed by atoms with van der Waals surface area (Å²) in [6.45, 7) is 4.66. The van der Waals surface area contributed by atoms with E-state index in [9.17, 15) is 0 Å². The van der Waals surface area contributed by atoms with Gasteiger partial charge in [0.15, 0.2) is 0 Å². The fraction of sp³-hybridized carbons (Fsp3) is 1.00. The summed E-state index contributed by atoms with van der Waals surface area (Å²) < 4.78 is 0. The number of hydrogen-bond acceptors (Lipinski definition) is 1. The molecule has 2 aliphatic rings. The number of hydrogen-bond donors (Lipinski definition) is 1. The summed E-state index contributed by atoms with van der Waals surface area (Å²) in [5, 5.41) is 3.56. The molecule has 0 aromatic heterocycles. The van der Waals surface area contributed by atoms with Crippen LogP contribution in [0, 0.1) is 17.8 Å². The molecule has 0 heterocycles. The summed E-state index contributed by atoms with van der Waals surface area (Å²) >= 11 is 0. The van der Waals surface area contributed by atoms with Gasteiger partial charge >= 0.3 is 0 Å². The Labute approximate surface area is 101 Å². The van der Waals surface area contributed by atoms with E-state index in [2.05, 4.69) is 12.2 Å². The van der Waals surface area contributed by atoms with E-state index in [0.717, 1.165) is 24.3 Å². The highest BCUT2D eigenvalue weighted by molar-refractivity contribution is 4.81. The van der Waals surface area contributed by atoms with Gasteiger partial charge in [0, 0.05) is 0 Å². The Morgan fingerprint density at radius 3 is 2.38 bits per heavy atom. The summed E-state index contributed by atoms with van der Waals surface area (Å²) in [4.78, 5) is 0. The van der Waals surface area contributed by atoms with Crippen LogP contribution < -0.4 is 5.32 Å². The maximum Gasteiger partial charge on any atom is -0.00180 e. The van der Waals surface area contributed by atoms with Crippen LogP contribution in [0.2, 0.25) is 0 Å². The van der Waals surface area contributed by atoms with Crippen LogP contribution in [0.25, 0.3) is 0 Å². The minimum absolute atomic E-state index is 1.00. The van der Waals surface area contributed by atoms with Gasteiger partial charge in [0.2, 0.25) is 0 Å². The smallest absolute Gasteiger partial charge is 0.00180 e. The SMILES string of the molecule is CCNCC1CCCC1CC1CCCCC1. The van der Waals surface area contributed by atoms with Gasteiger partial charge in [0.05, 0.1) is 0 Å². The van der Waals surface area contributed by atoms with E-state index in [1.54, 1.807) is 6.42 Å². The van der Waals surface area contributed by atoms with Gasteiger partial charge in [-0.2, -0.15) is 0 Å². The molecule has 2 unspecified atom stereocenters. The van der Waals surface area contributed by atoms with Crippen molar-refractivity contribution in [3.63, 3.8) is 0 Å². The summed E-state index contributed by atoms with van der Waals surface area (Å²) in [6.07, 6.45) is 13.6. The van der Waals surface area contributed by atoms with Crippen LogP contribution in [0.4, 0.5) is 0 Å². The maximum absolute atomic E-state index is 3.56. The second-order valence-electron chi connectivity index (χ2n) is 6.00. The van der Waals surface area contributed by atoms with E-state index in [1.807, 2.05) is 0 Å². The van der Waals surface area contributed by atoms with Crippen molar-refractivity contribution in [2.75, 3.05) is 13.1 Å². The Hall–Kier alpha value is -0.0400. The molecule has 1 nitrogen and oxygen atoms in total. The fourth-order valence-corrected chi connectivity index (χ4v) is 3.87. The molecule has 1 heteroatoms. The molecule has 2 atom stereocenters. The number of rotatable bonds is 5. The first kappa shape index (κ1) is 12.4. The van der Waals surface area contributed by atoms with Crippen molar-refractivity contribution in [3.8, 4) is 0 Å². The van der Waals surface area contributed by atoms with Gasteiger partial charge in [-0.1, -0.05) is 51.9 Å². The first-order valence-electron chi connectivity index (χ1n) is 7.61. The zero-order chi connectivity index (χ0) is 11.2. The molecule has 0 radical (unpaired) electrons. The molecule has 2 saturated carbocycles. The van der Waals surface area contributed by atoms with Crippen LogP contribution in [0.15, 0.2) is 0 Å². The first-order valence-corrected chi connectivity index (χ1v) is 7.61. The van der Waals surface area contributed by atoms with Gasteiger partial charge in [-0.05, 0) is 43.7 Å². The van der Waals surface area contributed by atoms with Crippen molar-refractivity contribution in [1.29, 1.82) is 0 Å². The summed E-state index contributed by atoms with van der Waals surface area (Å²) in [7, 11) is 0. The Morgan fingerprint density at radius 1 is 0.875 bits per heavy atom. The van der Waals surface area contributed by atoms with Crippen molar-refractivity contribution >= 4 is 0 Å². The van der Waals surface area contributed by atoms with Crippen molar-refractivity contribution in [1.82, 2.24) is 5.32 Å². The quantitative estimate of drug-likeness (QED) is 0.743. The van der Waals surface area contributed by atoms with E-state index >= 15 is 0 Å². The van der Waals surface area contributed by atoms with Gasteiger partial charge in [-0.25, -0.2) is 0 Å². The lowest BCUT2D eigenvalue weighted by atomic mass is 9.79. The molecule has 0 aromatic carbocycles. The van der Waals surface area contributed by atoms with E-state index < -0.39 is 0 Å². The van der Waals surface area contributed by atoms with Crippen LogP contribution in [-0.4, -0.2) is 13.1 Å². The van der Waals surface area contributed by atoms with Gasteiger partial charge in [0.1, 0.15) is 0 Å². The molecule has 2 fully saturated rings. The number of nitrogens with one attached hydrogen (secondary N) is 1. The van der Waals surface area contributed by atoms with E-state index in [0.29, 0.717) is 0 Å². The first-order chi connectivity index (χ1) is 7.90. The van der Waals surface area contributed by atoms with E-state index in [-0.39, 0.29) is 0 Å². The molecule has 0 bridgehead atoms. The van der Waals surface area contributed by atoms with Crippen LogP contribution >= 0.6 is 0 Å². The van der Waals surface area contributed by atoms with Gasteiger partial charge in [-0.3, -0.25) is 0 Å². The highest BCUT2D eigenvalue weighted by Gasteiger charge is 2.29. The molecule has 2 aliphatic carbocycles. The minimum Gasteiger partial charge on any atom is -0.317 e. The standard InChI is InChI=1S/C15H29N/c1-2-16-12-15-10-6-9-14(15)11-13-7-4-3-5-8-13/h13-16H,2-12H2,1H3. The summed E-state index contributed by atoms with van der Waals surface area (Å²) in [6, 6.07) is 0. The topological polar surface area (TPSA) is 12.0 Å². The predicted octanol–water partition coefficient (Wildman–Crippen LogP) is 3.98. The second-order valence-corrected chi connectivity index (χ2v) is 6.00. The Balaban J connectivity index is 1.73. The molecule has 1 N–H and O–H groups in total. The monoisotopic (exact) mass is 223 g/mol. The van der Waals surface area contributed by atoms with Crippen molar-refractivity contribution in [3.05, 3.63) is 0 Å². The maximum atomic E-state index is 3.56. The summed E-state index contributed by atoms with van der Waals surface area (Å²) in [5.74, 6) is 3.14. The molecule has 2 rings (SSSR count). The van der Waals surface area contributed by atoms with Crippen molar-refractivity contribution < 1.29 is 0 Å². The van der Waals surface area contributed by atoms with Gasteiger partial charge in [0.25, 0.3) is 0 Å². The molecule has 0 spiro atoms. The highest BCUT2D eigenvalue weighted by atomic mass is 14.8. The van der Waals surface area contributed by atoms with Crippen molar-refractivity contribution in [2.45, 2.75) is 64.7 Å². The normalized spacial score (nSPS) is 32.1. The Kier molecular flexibility index (Phi) is 5.15. The van der Waals surface area contributed by atoms with E-state index in [1.165, 1.54) is 57.9 Å². The van der Waals surface area contributed by atoms with E-state index in [4.69, 9.17) is 0 Å². The zero-order valence-electron chi connectivity index (χ0n) is 11.0. The van der Waals surface area contributed by atoms with Crippen LogP contribution in [0.3, 0.4) is 0 Å². The molecule has 0 aromatic rings. The van der Waals surface area contributed by atoms with Gasteiger partial charge in [-0.15, -0.1) is 0 Å². The largest absolute Gasteiger partial charge is 0.317 e. The Bertz CT molecular complexity index is 184. The zero-order valence-corrected chi connectivity index (χ0v) is 11.0. The van der Waals surface area contributed by atoms with Gasteiger partial charge < -0.3 is 5.32 Å². The van der Waals surface area contributed by atoms with Crippen LogP contribution in [0.5, 0.6) is 0 Å². The Morgan fingerprint density at radius 2 is 1.62 bits per heavy atom. The molecular weight excluding hydrogens is 194 g/mol. The molecule has 0 aliphatic heterocycles. The lowest BCUT2D eigenvalue weighted by Gasteiger charge is -2.27. The van der Waals surface area contributed by atoms with Crippen LogP contribution in [-0.2, 0) is 0 Å². The summed E-state index contributed by atoms with van der Waals surface area (Å²) in [5.41, 5.74) is 0. The second kappa shape index (κ2) is 6.64. The molecule has 94 valence electrons. The third-order valence-electron chi connectivity index (χ3n) is 4.83. The molecule has 0 saturated heterocycles. The van der Waals surface area contributed by atoms with Crippen LogP contribution in [0.1, 0.15) is 64.7 Å². The fourth-order valence-electron chi connectivity index (χ4n) is 3.87. The molecule has 0 amide bonds. The third kappa shape index (κ3) is 3.48. The lowest BCUT2D eigenvalue weighted by Crippen LogP contribution is -2.26. The lowest BCUT2D eigenvalue weighted by molar-refractivity contribution is 0.248. The minimum atomic E-state index is 1.00. The van der Waals surface area contributed by atoms with Crippen molar-refractivity contribution in [2.24, 2.45) is 17.8 Å². The third-order valence-corrected chi connectivity index (χ3v) is 4.83.